The van der Waals surface area contributed by atoms with Crippen molar-refractivity contribution in [3.63, 3.8) is 0 Å². The molecule has 1 aliphatic rings. The van der Waals surface area contributed by atoms with Gasteiger partial charge in [-0.25, -0.2) is 0 Å². The second-order valence-electron chi connectivity index (χ2n) is 4.59. The van der Waals surface area contributed by atoms with E-state index in [0.29, 0.717) is 12.5 Å². The lowest BCUT2D eigenvalue weighted by Gasteiger charge is -2.24. The number of aliphatic imine (C=N–C) groups is 1. The van der Waals surface area contributed by atoms with Crippen LogP contribution in [0.25, 0.3) is 0 Å². The summed E-state index contributed by atoms with van der Waals surface area (Å²) in [5, 5.41) is 8.47. The summed E-state index contributed by atoms with van der Waals surface area (Å²) < 4.78 is 0. The van der Waals surface area contributed by atoms with Crippen LogP contribution in [-0.2, 0) is 13.6 Å². The van der Waals surface area contributed by atoms with Gasteiger partial charge in [-0.05, 0) is 5.56 Å². The fourth-order valence-corrected chi connectivity index (χ4v) is 2.27. The first-order chi connectivity index (χ1) is 9.24. The van der Waals surface area contributed by atoms with E-state index in [4.69, 9.17) is 5.73 Å². The van der Waals surface area contributed by atoms with E-state index in [9.17, 15) is 0 Å². The molecule has 1 atom stereocenters. The molecular formula is C13H16N6. The van der Waals surface area contributed by atoms with E-state index in [0.717, 1.165) is 12.2 Å². The molecule has 98 valence electrons. The molecule has 19 heavy (non-hydrogen) atoms. The molecule has 6 heteroatoms. The standard InChI is InChI=1S/C13H16N6/c1-18-16-7-11(17-18)12-8-15-13(14)19(12)9-10-5-3-2-4-6-10/h2-7,12H,8-9H2,1H3,(H2,14,15). The van der Waals surface area contributed by atoms with E-state index in [1.54, 1.807) is 11.0 Å². The molecule has 1 aliphatic heterocycles. The third kappa shape index (κ3) is 2.29. The third-order valence-corrected chi connectivity index (χ3v) is 3.25. The van der Waals surface area contributed by atoms with Crippen LogP contribution >= 0.6 is 0 Å². The first-order valence-corrected chi connectivity index (χ1v) is 6.21. The highest BCUT2D eigenvalue weighted by Gasteiger charge is 2.29. The van der Waals surface area contributed by atoms with Gasteiger partial charge in [0.1, 0.15) is 5.69 Å². The van der Waals surface area contributed by atoms with Crippen molar-refractivity contribution in [1.82, 2.24) is 19.9 Å². The predicted octanol–water partition coefficient (Wildman–Crippen LogP) is 0.687. The van der Waals surface area contributed by atoms with Crippen LogP contribution in [0.1, 0.15) is 17.3 Å². The number of nitrogens with two attached hydrogens (primary N) is 1. The van der Waals surface area contributed by atoms with Gasteiger partial charge in [0.15, 0.2) is 5.96 Å². The molecule has 0 saturated heterocycles. The van der Waals surface area contributed by atoms with E-state index in [2.05, 4.69) is 32.2 Å². The van der Waals surface area contributed by atoms with Crippen LogP contribution in [0.3, 0.4) is 0 Å². The molecule has 0 aliphatic carbocycles. The minimum atomic E-state index is 0.0777. The average molecular weight is 256 g/mol. The van der Waals surface area contributed by atoms with Gasteiger partial charge in [-0.1, -0.05) is 30.3 Å². The lowest BCUT2D eigenvalue weighted by Crippen LogP contribution is -2.35. The van der Waals surface area contributed by atoms with Crippen molar-refractivity contribution < 1.29 is 0 Å². The fraction of sp³-hybridized carbons (Fsp3) is 0.308. The molecule has 2 heterocycles. The molecule has 2 N–H and O–H groups in total. The van der Waals surface area contributed by atoms with Crippen molar-refractivity contribution in [2.24, 2.45) is 17.8 Å². The van der Waals surface area contributed by atoms with Gasteiger partial charge in [0.05, 0.1) is 18.8 Å². The summed E-state index contributed by atoms with van der Waals surface area (Å²) in [7, 11) is 1.81. The topological polar surface area (TPSA) is 72.3 Å². The summed E-state index contributed by atoms with van der Waals surface area (Å²) in [5.74, 6) is 0.569. The van der Waals surface area contributed by atoms with Gasteiger partial charge in [-0.2, -0.15) is 15.0 Å². The van der Waals surface area contributed by atoms with Crippen molar-refractivity contribution in [2.75, 3.05) is 6.54 Å². The Morgan fingerprint density at radius 3 is 2.79 bits per heavy atom. The summed E-state index contributed by atoms with van der Waals surface area (Å²) in [6.45, 7) is 1.37. The molecular weight excluding hydrogens is 240 g/mol. The van der Waals surface area contributed by atoms with Crippen LogP contribution in [0, 0.1) is 0 Å². The van der Waals surface area contributed by atoms with Crippen molar-refractivity contribution in [3.05, 3.63) is 47.8 Å². The Hall–Kier alpha value is -2.37. The number of aryl methyl sites for hydroxylation is 1. The van der Waals surface area contributed by atoms with Crippen molar-refractivity contribution in [3.8, 4) is 0 Å². The number of hydrogen-bond acceptors (Lipinski definition) is 5. The summed E-state index contributed by atoms with van der Waals surface area (Å²) in [4.78, 5) is 7.95. The zero-order valence-corrected chi connectivity index (χ0v) is 10.8. The molecule has 6 nitrogen and oxygen atoms in total. The molecule has 0 saturated carbocycles. The zero-order chi connectivity index (χ0) is 13.2. The van der Waals surface area contributed by atoms with Crippen LogP contribution in [-0.4, -0.2) is 32.4 Å². The second-order valence-corrected chi connectivity index (χ2v) is 4.59. The molecule has 0 spiro atoms. The van der Waals surface area contributed by atoms with Crippen LogP contribution in [0.5, 0.6) is 0 Å². The molecule has 0 fully saturated rings. The Morgan fingerprint density at radius 1 is 1.32 bits per heavy atom. The average Bonchev–Trinajstić information content (AvgIpc) is 2.99. The minimum absolute atomic E-state index is 0.0777. The van der Waals surface area contributed by atoms with Crippen LogP contribution in [0.4, 0.5) is 0 Å². The summed E-state index contributed by atoms with van der Waals surface area (Å²) in [6.07, 6.45) is 1.77. The second kappa shape index (κ2) is 4.72. The van der Waals surface area contributed by atoms with Gasteiger partial charge in [0.25, 0.3) is 0 Å². The fourth-order valence-electron chi connectivity index (χ4n) is 2.27. The molecule has 1 aromatic heterocycles. The quantitative estimate of drug-likeness (QED) is 0.876. The highest BCUT2D eigenvalue weighted by atomic mass is 15.5. The Balaban J connectivity index is 1.83. The van der Waals surface area contributed by atoms with Crippen LogP contribution < -0.4 is 5.73 Å². The van der Waals surface area contributed by atoms with E-state index >= 15 is 0 Å². The van der Waals surface area contributed by atoms with E-state index < -0.39 is 0 Å². The van der Waals surface area contributed by atoms with Gasteiger partial charge in [-0.3, -0.25) is 4.99 Å². The van der Waals surface area contributed by atoms with E-state index in [1.807, 2.05) is 25.2 Å². The van der Waals surface area contributed by atoms with Crippen LogP contribution in [0.2, 0.25) is 0 Å². The molecule has 1 aromatic carbocycles. The highest BCUT2D eigenvalue weighted by molar-refractivity contribution is 5.80. The van der Waals surface area contributed by atoms with Crippen molar-refractivity contribution >= 4 is 5.96 Å². The Kier molecular flexibility index (Phi) is 2.91. The number of benzene rings is 1. The first kappa shape index (κ1) is 11.7. The molecule has 2 aromatic rings. The maximum Gasteiger partial charge on any atom is 0.192 e. The van der Waals surface area contributed by atoms with E-state index in [-0.39, 0.29) is 6.04 Å². The number of nitrogens with zero attached hydrogens (tertiary/aromatic N) is 5. The predicted molar refractivity (Wildman–Crippen MR) is 72.2 cm³/mol. The summed E-state index contributed by atoms with van der Waals surface area (Å²) in [6, 6.07) is 10.3. The summed E-state index contributed by atoms with van der Waals surface area (Å²) >= 11 is 0. The minimum Gasteiger partial charge on any atom is -0.370 e. The highest BCUT2D eigenvalue weighted by Crippen LogP contribution is 2.25. The third-order valence-electron chi connectivity index (χ3n) is 3.25. The Morgan fingerprint density at radius 2 is 2.11 bits per heavy atom. The number of aromatic nitrogens is 3. The van der Waals surface area contributed by atoms with Crippen LogP contribution in [0.15, 0.2) is 41.5 Å². The van der Waals surface area contributed by atoms with Gasteiger partial charge in [0.2, 0.25) is 0 Å². The normalized spacial score (nSPS) is 18.7. The number of guanidine groups is 1. The molecule has 3 rings (SSSR count). The lowest BCUT2D eigenvalue weighted by molar-refractivity contribution is 0.332. The van der Waals surface area contributed by atoms with Gasteiger partial charge < -0.3 is 10.6 Å². The Bertz CT molecular complexity index is 588. The maximum absolute atomic E-state index is 5.98. The summed E-state index contributed by atoms with van der Waals surface area (Å²) in [5.41, 5.74) is 8.09. The smallest absolute Gasteiger partial charge is 0.192 e. The van der Waals surface area contributed by atoms with Crippen molar-refractivity contribution in [2.45, 2.75) is 12.6 Å². The largest absolute Gasteiger partial charge is 0.370 e. The van der Waals surface area contributed by atoms with Gasteiger partial charge in [0, 0.05) is 13.6 Å². The number of hydrogen-bond donors (Lipinski definition) is 1. The molecule has 0 bridgehead atoms. The van der Waals surface area contributed by atoms with Gasteiger partial charge in [-0.15, -0.1) is 0 Å². The SMILES string of the molecule is Cn1ncc(C2CN=C(N)N2Cc2ccccc2)n1. The monoisotopic (exact) mass is 256 g/mol. The van der Waals surface area contributed by atoms with Gasteiger partial charge >= 0.3 is 0 Å². The molecule has 0 radical (unpaired) electrons. The molecule has 1 unspecified atom stereocenters. The van der Waals surface area contributed by atoms with Crippen molar-refractivity contribution in [1.29, 1.82) is 0 Å². The van der Waals surface area contributed by atoms with E-state index in [1.165, 1.54) is 5.56 Å². The lowest BCUT2D eigenvalue weighted by atomic mass is 10.1. The number of rotatable bonds is 3. The molecule has 0 amide bonds. The maximum atomic E-state index is 5.98. The Labute approximate surface area is 111 Å². The zero-order valence-electron chi connectivity index (χ0n) is 10.8. The first-order valence-electron chi connectivity index (χ1n) is 6.21.